The summed E-state index contributed by atoms with van der Waals surface area (Å²) in [6.07, 6.45) is -3.31. The summed E-state index contributed by atoms with van der Waals surface area (Å²) < 4.78 is 58.3. The number of alkyl halides is 2. The van der Waals surface area contributed by atoms with E-state index in [1.807, 2.05) is 0 Å². The molecule has 2 aromatic rings. The molecular weight excluding hydrogens is 492 g/mol. The summed E-state index contributed by atoms with van der Waals surface area (Å²) in [7, 11) is -3.88. The summed E-state index contributed by atoms with van der Waals surface area (Å²) in [5, 5.41) is 2.75. The van der Waals surface area contributed by atoms with Crippen molar-refractivity contribution in [1.29, 1.82) is 0 Å². The van der Waals surface area contributed by atoms with Crippen LogP contribution in [0.4, 0.5) is 8.78 Å². The number of amides is 2. The summed E-state index contributed by atoms with van der Waals surface area (Å²) in [5.41, 5.74) is 0.620. The molecule has 11 heteroatoms. The van der Waals surface area contributed by atoms with Gasteiger partial charge in [-0.05, 0) is 36.8 Å². The molecule has 1 fully saturated rings. The molecule has 1 aliphatic rings. The maximum atomic E-state index is 13.3. The number of carbonyl (C=O) groups is 2. The quantitative estimate of drug-likeness (QED) is 0.573. The van der Waals surface area contributed by atoms with Crippen LogP contribution >= 0.6 is 0 Å². The molecule has 0 unspecified atom stereocenters. The van der Waals surface area contributed by atoms with Gasteiger partial charge < -0.3 is 15.0 Å². The van der Waals surface area contributed by atoms with Crippen molar-refractivity contribution >= 4 is 21.8 Å². The molecular formula is C25H31F2N3O5S. The maximum Gasteiger partial charge on any atom is 0.394 e. The van der Waals surface area contributed by atoms with Crippen LogP contribution in [0.1, 0.15) is 33.3 Å². The fourth-order valence-electron chi connectivity index (χ4n) is 4.05. The van der Waals surface area contributed by atoms with Gasteiger partial charge in [0.15, 0.2) is 0 Å². The van der Waals surface area contributed by atoms with E-state index in [1.54, 1.807) is 39.0 Å². The Morgan fingerprint density at radius 3 is 2.25 bits per heavy atom. The molecule has 3 rings (SSSR count). The number of piperazine rings is 1. The van der Waals surface area contributed by atoms with E-state index in [4.69, 9.17) is 0 Å². The van der Waals surface area contributed by atoms with Crippen molar-refractivity contribution in [1.82, 2.24) is 14.5 Å². The summed E-state index contributed by atoms with van der Waals surface area (Å²) in [6.45, 7) is 5.73. The van der Waals surface area contributed by atoms with E-state index in [0.717, 1.165) is 0 Å². The molecule has 1 saturated heterocycles. The van der Waals surface area contributed by atoms with Crippen LogP contribution in [0, 0.1) is 5.92 Å². The lowest BCUT2D eigenvalue weighted by molar-refractivity contribution is -0.159. The van der Waals surface area contributed by atoms with Gasteiger partial charge in [-0.15, -0.1) is 0 Å². The SMILES string of the molecule is CC(C)C(=O)N1[C@H](C)CN(S(=O)(=O)c2ccccc2)C[C@@H]1C(=O)NCc1ccc(OC(C)(F)F)cc1. The Balaban J connectivity index is 1.79. The average molecular weight is 524 g/mol. The number of rotatable bonds is 8. The molecule has 1 heterocycles. The minimum absolute atomic E-state index is 0.0193. The molecule has 1 aliphatic heterocycles. The number of carbonyl (C=O) groups excluding carboxylic acids is 2. The first kappa shape index (κ1) is 27.5. The zero-order valence-corrected chi connectivity index (χ0v) is 21.5. The van der Waals surface area contributed by atoms with Crippen molar-refractivity contribution in [2.75, 3.05) is 13.1 Å². The number of sulfonamides is 1. The van der Waals surface area contributed by atoms with Gasteiger partial charge in [0.1, 0.15) is 11.8 Å². The number of hydrogen-bond acceptors (Lipinski definition) is 5. The highest BCUT2D eigenvalue weighted by atomic mass is 32.2. The first-order valence-electron chi connectivity index (χ1n) is 11.6. The predicted octanol–water partition coefficient (Wildman–Crippen LogP) is 3.24. The number of nitrogens with one attached hydrogen (secondary N) is 1. The Bertz CT molecular complexity index is 1170. The predicted molar refractivity (Wildman–Crippen MR) is 130 cm³/mol. The van der Waals surface area contributed by atoms with Gasteiger partial charge in [-0.2, -0.15) is 13.1 Å². The molecule has 1 N–H and O–H groups in total. The van der Waals surface area contributed by atoms with Gasteiger partial charge in [-0.3, -0.25) is 9.59 Å². The molecule has 0 aromatic heterocycles. The van der Waals surface area contributed by atoms with E-state index < -0.39 is 34.1 Å². The molecule has 0 spiro atoms. The first-order chi connectivity index (χ1) is 16.8. The Morgan fingerprint density at radius 1 is 1.08 bits per heavy atom. The van der Waals surface area contributed by atoms with Crippen LogP contribution in [0.25, 0.3) is 0 Å². The minimum Gasteiger partial charge on any atom is -0.433 e. The second-order valence-corrected chi connectivity index (χ2v) is 11.1. The molecule has 0 saturated carbocycles. The summed E-state index contributed by atoms with van der Waals surface area (Å²) in [4.78, 5) is 27.8. The summed E-state index contributed by atoms with van der Waals surface area (Å²) in [5.74, 6) is -1.16. The fourth-order valence-corrected chi connectivity index (χ4v) is 5.60. The van der Waals surface area contributed by atoms with E-state index in [2.05, 4.69) is 10.1 Å². The average Bonchev–Trinajstić information content (AvgIpc) is 2.82. The maximum absolute atomic E-state index is 13.3. The van der Waals surface area contributed by atoms with Crippen molar-refractivity contribution in [3.05, 3.63) is 60.2 Å². The molecule has 8 nitrogen and oxygen atoms in total. The second-order valence-electron chi connectivity index (χ2n) is 9.17. The van der Waals surface area contributed by atoms with Crippen molar-refractivity contribution in [2.24, 2.45) is 5.92 Å². The highest BCUT2D eigenvalue weighted by molar-refractivity contribution is 7.89. The highest BCUT2D eigenvalue weighted by Gasteiger charge is 2.43. The normalized spacial score (nSPS) is 19.2. The largest absolute Gasteiger partial charge is 0.433 e. The lowest BCUT2D eigenvalue weighted by Gasteiger charge is -2.44. The number of hydrogen-bond donors (Lipinski definition) is 1. The molecule has 196 valence electrons. The standard InChI is InChI=1S/C25H31F2N3O5S/c1-17(2)24(32)30-18(3)15-29(36(33,34)21-8-6-5-7-9-21)16-22(30)23(31)28-14-19-10-12-20(13-11-19)35-25(4,26)27/h5-13,17-18,22H,14-16H2,1-4H3,(H,28,31)/t18-,22-/m1/s1. The Kier molecular flexibility index (Phi) is 8.35. The van der Waals surface area contributed by atoms with E-state index in [9.17, 15) is 26.8 Å². The van der Waals surface area contributed by atoms with E-state index in [1.165, 1.54) is 45.6 Å². The number of benzene rings is 2. The number of nitrogens with zero attached hydrogens (tertiary/aromatic N) is 2. The van der Waals surface area contributed by atoms with Gasteiger partial charge in [0.05, 0.1) is 4.90 Å². The van der Waals surface area contributed by atoms with Crippen LogP contribution in [-0.2, 0) is 26.2 Å². The van der Waals surface area contributed by atoms with Gasteiger partial charge >= 0.3 is 6.11 Å². The molecule has 0 aliphatic carbocycles. The van der Waals surface area contributed by atoms with Gasteiger partial charge in [0, 0.05) is 38.5 Å². The van der Waals surface area contributed by atoms with Crippen LogP contribution in [0.15, 0.2) is 59.5 Å². The third-order valence-corrected chi connectivity index (χ3v) is 7.62. The van der Waals surface area contributed by atoms with Crippen molar-refractivity contribution in [3.8, 4) is 5.75 Å². The van der Waals surface area contributed by atoms with Crippen molar-refractivity contribution in [2.45, 2.75) is 57.3 Å². The molecule has 36 heavy (non-hydrogen) atoms. The minimum atomic E-state index is -3.88. The van der Waals surface area contributed by atoms with Gasteiger partial charge in [-0.25, -0.2) is 8.42 Å². The van der Waals surface area contributed by atoms with Gasteiger partial charge in [0.2, 0.25) is 21.8 Å². The molecule has 2 atom stereocenters. The molecule has 0 radical (unpaired) electrons. The number of ether oxygens (including phenoxy) is 1. The number of halogens is 2. The van der Waals surface area contributed by atoms with Crippen LogP contribution in [0.5, 0.6) is 5.75 Å². The Hall–Kier alpha value is -3.05. The second kappa shape index (κ2) is 10.9. The van der Waals surface area contributed by atoms with Crippen LogP contribution in [0.2, 0.25) is 0 Å². The molecule has 2 aromatic carbocycles. The van der Waals surface area contributed by atoms with Gasteiger partial charge in [-0.1, -0.05) is 44.2 Å². The van der Waals surface area contributed by atoms with E-state index in [-0.39, 0.29) is 42.1 Å². The highest BCUT2D eigenvalue weighted by Crippen LogP contribution is 2.25. The monoisotopic (exact) mass is 523 g/mol. The Labute approximate surface area is 210 Å². The zero-order chi connectivity index (χ0) is 26.7. The first-order valence-corrected chi connectivity index (χ1v) is 13.0. The summed E-state index contributed by atoms with van der Waals surface area (Å²) >= 11 is 0. The smallest absolute Gasteiger partial charge is 0.394 e. The van der Waals surface area contributed by atoms with Crippen molar-refractivity contribution < 1.29 is 31.5 Å². The fraction of sp³-hybridized carbons (Fsp3) is 0.440. The molecule has 2 amide bonds. The summed E-state index contributed by atoms with van der Waals surface area (Å²) in [6, 6.07) is 12.2. The topological polar surface area (TPSA) is 96.0 Å². The van der Waals surface area contributed by atoms with E-state index >= 15 is 0 Å². The third-order valence-electron chi connectivity index (χ3n) is 5.77. The third kappa shape index (κ3) is 6.58. The lowest BCUT2D eigenvalue weighted by Crippen LogP contribution is -2.65. The Morgan fingerprint density at radius 2 is 1.69 bits per heavy atom. The van der Waals surface area contributed by atoms with Crippen LogP contribution in [-0.4, -0.2) is 60.7 Å². The van der Waals surface area contributed by atoms with Crippen molar-refractivity contribution in [3.63, 3.8) is 0 Å². The van der Waals surface area contributed by atoms with Crippen LogP contribution in [0.3, 0.4) is 0 Å². The lowest BCUT2D eigenvalue weighted by atomic mass is 10.0. The van der Waals surface area contributed by atoms with Gasteiger partial charge in [0.25, 0.3) is 0 Å². The zero-order valence-electron chi connectivity index (χ0n) is 20.6. The molecule has 0 bridgehead atoms. The van der Waals surface area contributed by atoms with E-state index in [0.29, 0.717) is 12.5 Å². The van der Waals surface area contributed by atoms with Crippen LogP contribution < -0.4 is 10.1 Å².